The highest BCUT2D eigenvalue weighted by Gasteiger charge is 2.07. The third kappa shape index (κ3) is 12.4. The molecule has 0 bridgehead atoms. The van der Waals surface area contributed by atoms with Crippen LogP contribution in [0.15, 0.2) is 0 Å². The maximum Gasteiger partial charge on any atom is 0.0575 e. The molecule has 1 atom stereocenters. The lowest BCUT2D eigenvalue weighted by Gasteiger charge is -2.16. The molecule has 0 fully saturated rings. The smallest absolute Gasteiger partial charge is 0.0575 e. The van der Waals surface area contributed by atoms with Gasteiger partial charge in [-0.25, -0.2) is 0 Å². The van der Waals surface area contributed by atoms with Crippen LogP contribution in [0.4, 0.5) is 0 Å². The zero-order valence-electron chi connectivity index (χ0n) is 13.2. The highest BCUT2D eigenvalue weighted by molar-refractivity contribution is 4.59. The van der Waals surface area contributed by atoms with Crippen LogP contribution in [0.5, 0.6) is 0 Å². The van der Waals surface area contributed by atoms with Gasteiger partial charge in [0.2, 0.25) is 0 Å². The molecule has 0 aliphatic rings. The van der Waals surface area contributed by atoms with Crippen molar-refractivity contribution in [3.05, 3.63) is 0 Å². The van der Waals surface area contributed by atoms with E-state index in [1.165, 1.54) is 77.0 Å². The second kappa shape index (κ2) is 15.0. The summed E-state index contributed by atoms with van der Waals surface area (Å²) in [5.74, 6) is 0. The van der Waals surface area contributed by atoms with Crippen LogP contribution in [0.3, 0.4) is 0 Å². The Morgan fingerprint density at radius 3 is 1.61 bits per heavy atom. The lowest BCUT2D eigenvalue weighted by Crippen LogP contribution is -2.12. The van der Waals surface area contributed by atoms with Gasteiger partial charge in [0.25, 0.3) is 0 Å². The molecule has 1 heteroatoms. The molecule has 0 N–H and O–H groups in total. The van der Waals surface area contributed by atoms with Crippen LogP contribution in [0.25, 0.3) is 0 Å². The predicted octanol–water partition coefficient (Wildman–Crippen LogP) is 6.11. The third-order valence-electron chi connectivity index (χ3n) is 3.66. The van der Waals surface area contributed by atoms with Gasteiger partial charge in [-0.05, 0) is 19.8 Å². The molecule has 0 rings (SSSR count). The molecule has 0 aliphatic carbocycles. The van der Waals surface area contributed by atoms with Gasteiger partial charge in [-0.2, -0.15) is 0 Å². The van der Waals surface area contributed by atoms with E-state index in [4.69, 9.17) is 4.74 Å². The minimum atomic E-state index is 0.539. The molecule has 0 heterocycles. The third-order valence-corrected chi connectivity index (χ3v) is 3.66. The summed E-state index contributed by atoms with van der Waals surface area (Å²) in [6.45, 7) is 7.56. The van der Waals surface area contributed by atoms with Crippen LogP contribution < -0.4 is 0 Å². The molecule has 110 valence electrons. The van der Waals surface area contributed by atoms with Crippen LogP contribution in [0, 0.1) is 0 Å². The highest BCUT2D eigenvalue weighted by Crippen LogP contribution is 2.15. The first-order chi connectivity index (χ1) is 8.85. The van der Waals surface area contributed by atoms with E-state index in [1.807, 2.05) is 0 Å². The Morgan fingerprint density at radius 1 is 0.611 bits per heavy atom. The maximum absolute atomic E-state index is 5.83. The molecule has 0 aromatic heterocycles. The van der Waals surface area contributed by atoms with Crippen molar-refractivity contribution in [2.75, 3.05) is 6.61 Å². The molecule has 0 saturated heterocycles. The Kier molecular flexibility index (Phi) is 15.0. The summed E-state index contributed by atoms with van der Waals surface area (Å²) < 4.78 is 5.83. The molecule has 0 amide bonds. The normalized spacial score (nSPS) is 12.8. The van der Waals surface area contributed by atoms with Gasteiger partial charge in [0.05, 0.1) is 6.10 Å². The molecule has 0 spiro atoms. The Labute approximate surface area is 116 Å². The number of hydrogen-bond donors (Lipinski definition) is 0. The lowest BCUT2D eigenvalue weighted by molar-refractivity contribution is 0.0471. The standard InChI is InChI=1S/C17H36O/c1-4-7-9-10-11-12-14-16-17(18-6-3)15-13-8-5-2/h17H,4-16H2,1-3H3. The molecule has 0 radical (unpaired) electrons. The van der Waals surface area contributed by atoms with Gasteiger partial charge in [-0.15, -0.1) is 0 Å². The summed E-state index contributed by atoms with van der Waals surface area (Å²) in [4.78, 5) is 0. The quantitative estimate of drug-likeness (QED) is 0.341. The average molecular weight is 256 g/mol. The SMILES string of the molecule is CCCCCCCCCC(CCCCC)OCC. The van der Waals surface area contributed by atoms with E-state index in [-0.39, 0.29) is 0 Å². The van der Waals surface area contributed by atoms with Gasteiger partial charge in [-0.3, -0.25) is 0 Å². The van der Waals surface area contributed by atoms with Crippen LogP contribution in [0.1, 0.15) is 97.8 Å². The molecule has 0 aromatic carbocycles. The Bertz CT molecular complexity index is 145. The van der Waals surface area contributed by atoms with Gasteiger partial charge in [0, 0.05) is 6.61 Å². The Morgan fingerprint density at radius 2 is 1.06 bits per heavy atom. The van der Waals surface area contributed by atoms with E-state index < -0.39 is 0 Å². The highest BCUT2D eigenvalue weighted by atomic mass is 16.5. The Balaban J connectivity index is 3.39. The van der Waals surface area contributed by atoms with Crippen molar-refractivity contribution in [3.8, 4) is 0 Å². The van der Waals surface area contributed by atoms with E-state index >= 15 is 0 Å². The van der Waals surface area contributed by atoms with E-state index in [0.29, 0.717) is 6.10 Å². The summed E-state index contributed by atoms with van der Waals surface area (Å²) in [7, 11) is 0. The van der Waals surface area contributed by atoms with Crippen LogP contribution in [-0.4, -0.2) is 12.7 Å². The fourth-order valence-corrected chi connectivity index (χ4v) is 2.50. The minimum Gasteiger partial charge on any atom is -0.379 e. The van der Waals surface area contributed by atoms with Gasteiger partial charge in [0.1, 0.15) is 0 Å². The fourth-order valence-electron chi connectivity index (χ4n) is 2.50. The predicted molar refractivity (Wildman–Crippen MR) is 82.2 cm³/mol. The number of rotatable bonds is 14. The zero-order chi connectivity index (χ0) is 13.5. The van der Waals surface area contributed by atoms with Gasteiger partial charge in [-0.1, -0.05) is 78.1 Å². The van der Waals surface area contributed by atoms with Gasteiger partial charge in [0.15, 0.2) is 0 Å². The second-order valence-electron chi connectivity index (χ2n) is 5.48. The van der Waals surface area contributed by atoms with Crippen molar-refractivity contribution in [3.63, 3.8) is 0 Å². The summed E-state index contributed by atoms with van der Waals surface area (Å²) in [5, 5.41) is 0. The monoisotopic (exact) mass is 256 g/mol. The number of ether oxygens (including phenoxy) is 1. The largest absolute Gasteiger partial charge is 0.379 e. The second-order valence-corrected chi connectivity index (χ2v) is 5.48. The number of hydrogen-bond acceptors (Lipinski definition) is 1. The van der Waals surface area contributed by atoms with E-state index in [0.717, 1.165) is 6.61 Å². The van der Waals surface area contributed by atoms with E-state index in [1.54, 1.807) is 0 Å². The van der Waals surface area contributed by atoms with Crippen molar-refractivity contribution >= 4 is 0 Å². The average Bonchev–Trinajstić information content (AvgIpc) is 2.38. The van der Waals surface area contributed by atoms with Crippen LogP contribution >= 0.6 is 0 Å². The fraction of sp³-hybridized carbons (Fsp3) is 1.00. The molecular formula is C17H36O. The van der Waals surface area contributed by atoms with E-state index in [2.05, 4.69) is 20.8 Å². The van der Waals surface area contributed by atoms with Crippen molar-refractivity contribution < 1.29 is 4.74 Å². The first-order valence-corrected chi connectivity index (χ1v) is 8.46. The molecule has 18 heavy (non-hydrogen) atoms. The molecule has 0 aliphatic heterocycles. The maximum atomic E-state index is 5.83. The molecule has 1 nitrogen and oxygen atoms in total. The Hall–Kier alpha value is -0.0400. The number of unbranched alkanes of at least 4 members (excludes halogenated alkanes) is 8. The molecular weight excluding hydrogens is 220 g/mol. The summed E-state index contributed by atoms with van der Waals surface area (Å²) in [5.41, 5.74) is 0. The van der Waals surface area contributed by atoms with Crippen LogP contribution in [0.2, 0.25) is 0 Å². The minimum absolute atomic E-state index is 0.539. The van der Waals surface area contributed by atoms with Crippen molar-refractivity contribution in [2.45, 2.75) is 104 Å². The summed E-state index contributed by atoms with van der Waals surface area (Å²) >= 11 is 0. The molecule has 0 aromatic rings. The lowest BCUT2D eigenvalue weighted by atomic mass is 10.0. The zero-order valence-corrected chi connectivity index (χ0v) is 13.2. The van der Waals surface area contributed by atoms with Crippen molar-refractivity contribution in [2.24, 2.45) is 0 Å². The first kappa shape index (κ1) is 18.0. The summed E-state index contributed by atoms with van der Waals surface area (Å²) in [6, 6.07) is 0. The van der Waals surface area contributed by atoms with Crippen molar-refractivity contribution in [1.29, 1.82) is 0 Å². The molecule has 0 saturated carbocycles. The topological polar surface area (TPSA) is 9.23 Å². The first-order valence-electron chi connectivity index (χ1n) is 8.46. The summed E-state index contributed by atoms with van der Waals surface area (Å²) in [6.07, 6.45) is 16.9. The molecule has 1 unspecified atom stereocenters. The van der Waals surface area contributed by atoms with E-state index in [9.17, 15) is 0 Å². The van der Waals surface area contributed by atoms with Crippen molar-refractivity contribution in [1.82, 2.24) is 0 Å². The van der Waals surface area contributed by atoms with Gasteiger partial charge >= 0.3 is 0 Å². The van der Waals surface area contributed by atoms with Crippen LogP contribution in [-0.2, 0) is 4.74 Å². The van der Waals surface area contributed by atoms with Gasteiger partial charge < -0.3 is 4.74 Å².